The highest BCUT2D eigenvalue weighted by Crippen LogP contribution is 2.23. The molecule has 0 heterocycles. The fourth-order valence-electron chi connectivity index (χ4n) is 1.24. The van der Waals surface area contributed by atoms with Crippen LogP contribution in [0.5, 0.6) is 0 Å². The molecule has 0 saturated carbocycles. The van der Waals surface area contributed by atoms with E-state index in [1.807, 2.05) is 6.07 Å². The third-order valence-corrected chi connectivity index (χ3v) is 4.08. The van der Waals surface area contributed by atoms with Crippen LogP contribution in [0.25, 0.3) is 0 Å². The molecule has 0 amide bonds. The maximum atomic E-state index is 8.76. The van der Waals surface area contributed by atoms with E-state index in [-0.39, 0.29) is 6.61 Å². The summed E-state index contributed by atoms with van der Waals surface area (Å²) in [4.78, 5) is 0. The number of rotatable bonds is 5. The Morgan fingerprint density at radius 2 is 2.07 bits per heavy atom. The molecule has 0 aliphatic rings. The Balaban J connectivity index is 2.47. The topological polar surface area (TPSA) is 32.3 Å². The van der Waals surface area contributed by atoms with Gasteiger partial charge in [-0.2, -0.15) is 0 Å². The second kappa shape index (κ2) is 6.63. The second-order valence-electron chi connectivity index (χ2n) is 3.54. The molecule has 0 fully saturated rings. The summed E-state index contributed by atoms with van der Waals surface area (Å²) in [5.41, 5.74) is 1.23. The average Bonchev–Trinajstić information content (AvgIpc) is 2.20. The van der Waals surface area contributed by atoms with Crippen molar-refractivity contribution in [3.8, 4) is 0 Å². The summed E-state index contributed by atoms with van der Waals surface area (Å²) in [7, 11) is 0. The van der Waals surface area contributed by atoms with Gasteiger partial charge in [0.2, 0.25) is 0 Å². The molecule has 1 aromatic rings. The van der Waals surface area contributed by atoms with Crippen molar-refractivity contribution in [3.05, 3.63) is 32.7 Å². The first-order valence-electron chi connectivity index (χ1n) is 4.91. The Morgan fingerprint density at radius 1 is 1.33 bits per heavy atom. The van der Waals surface area contributed by atoms with Crippen molar-refractivity contribution >= 4 is 31.9 Å². The van der Waals surface area contributed by atoms with Gasteiger partial charge in [-0.1, -0.05) is 6.07 Å². The molecule has 0 saturated heterocycles. The summed E-state index contributed by atoms with van der Waals surface area (Å²) in [6, 6.07) is 6.53. The third kappa shape index (κ3) is 4.64. The molecule has 1 atom stereocenters. The minimum atomic E-state index is 0.234. The van der Waals surface area contributed by atoms with Crippen LogP contribution in [0.2, 0.25) is 0 Å². The van der Waals surface area contributed by atoms with E-state index in [1.54, 1.807) is 0 Å². The summed E-state index contributed by atoms with van der Waals surface area (Å²) in [5.74, 6) is 0. The Bertz CT molecular complexity index is 317. The third-order valence-electron chi connectivity index (χ3n) is 2.20. The predicted octanol–water partition coefficient (Wildman–Crippen LogP) is 3.07. The molecule has 1 rings (SSSR count). The summed E-state index contributed by atoms with van der Waals surface area (Å²) in [5, 5.41) is 12.1. The lowest BCUT2D eigenvalue weighted by Crippen LogP contribution is -2.26. The zero-order valence-electron chi connectivity index (χ0n) is 8.63. The van der Waals surface area contributed by atoms with Crippen LogP contribution in [-0.2, 0) is 6.54 Å². The second-order valence-corrected chi connectivity index (χ2v) is 5.25. The lowest BCUT2D eigenvalue weighted by molar-refractivity contribution is 0.268. The lowest BCUT2D eigenvalue weighted by atomic mass is 10.2. The smallest absolute Gasteiger partial charge is 0.0445 e. The van der Waals surface area contributed by atoms with E-state index in [9.17, 15) is 0 Å². The van der Waals surface area contributed by atoms with Gasteiger partial charge >= 0.3 is 0 Å². The first kappa shape index (κ1) is 13.2. The van der Waals surface area contributed by atoms with Gasteiger partial charge < -0.3 is 10.4 Å². The first-order chi connectivity index (χ1) is 7.13. The number of halogens is 2. The zero-order chi connectivity index (χ0) is 11.3. The number of hydrogen-bond acceptors (Lipinski definition) is 2. The van der Waals surface area contributed by atoms with Crippen molar-refractivity contribution < 1.29 is 5.11 Å². The molecule has 0 spiro atoms. The van der Waals surface area contributed by atoms with Crippen LogP contribution in [0, 0.1) is 0 Å². The fraction of sp³-hybridized carbons (Fsp3) is 0.455. The van der Waals surface area contributed by atoms with E-state index in [4.69, 9.17) is 5.11 Å². The van der Waals surface area contributed by atoms with Crippen molar-refractivity contribution in [1.29, 1.82) is 0 Å². The molecular weight excluding hydrogens is 322 g/mol. The SMILES string of the molecule is C[C@H](CCO)NCc1ccc(Br)c(Br)c1. The van der Waals surface area contributed by atoms with Gasteiger partial charge in [0.25, 0.3) is 0 Å². The number of hydrogen-bond donors (Lipinski definition) is 2. The minimum Gasteiger partial charge on any atom is -0.396 e. The maximum Gasteiger partial charge on any atom is 0.0445 e. The van der Waals surface area contributed by atoms with Gasteiger partial charge in [-0.25, -0.2) is 0 Å². The Morgan fingerprint density at radius 3 is 2.67 bits per heavy atom. The molecule has 1 aromatic carbocycles. The molecule has 15 heavy (non-hydrogen) atoms. The molecule has 0 aliphatic carbocycles. The fourth-order valence-corrected chi connectivity index (χ4v) is 1.91. The molecule has 0 unspecified atom stereocenters. The number of benzene rings is 1. The Labute approximate surface area is 107 Å². The van der Waals surface area contributed by atoms with Crippen LogP contribution in [0.1, 0.15) is 18.9 Å². The molecule has 0 bridgehead atoms. The van der Waals surface area contributed by atoms with Crippen molar-refractivity contribution in [1.82, 2.24) is 5.32 Å². The number of aliphatic hydroxyl groups excluding tert-OH is 1. The van der Waals surface area contributed by atoms with Gasteiger partial charge in [-0.15, -0.1) is 0 Å². The van der Waals surface area contributed by atoms with Crippen LogP contribution in [0.15, 0.2) is 27.1 Å². The summed E-state index contributed by atoms with van der Waals surface area (Å²) in [6.07, 6.45) is 0.789. The van der Waals surface area contributed by atoms with E-state index in [0.717, 1.165) is 21.9 Å². The van der Waals surface area contributed by atoms with Crippen molar-refractivity contribution in [3.63, 3.8) is 0 Å². The van der Waals surface area contributed by atoms with Gasteiger partial charge in [0.15, 0.2) is 0 Å². The van der Waals surface area contributed by atoms with Crippen molar-refractivity contribution in [2.45, 2.75) is 25.9 Å². The van der Waals surface area contributed by atoms with E-state index >= 15 is 0 Å². The van der Waals surface area contributed by atoms with Crippen LogP contribution < -0.4 is 5.32 Å². The highest BCUT2D eigenvalue weighted by atomic mass is 79.9. The van der Waals surface area contributed by atoms with Crippen LogP contribution in [-0.4, -0.2) is 17.8 Å². The van der Waals surface area contributed by atoms with E-state index in [1.165, 1.54) is 5.56 Å². The normalized spacial score (nSPS) is 12.8. The van der Waals surface area contributed by atoms with Crippen molar-refractivity contribution in [2.24, 2.45) is 0 Å². The van der Waals surface area contributed by atoms with Crippen molar-refractivity contribution in [2.75, 3.05) is 6.61 Å². The highest BCUT2D eigenvalue weighted by Gasteiger charge is 2.02. The number of nitrogens with one attached hydrogen (secondary N) is 1. The number of aliphatic hydroxyl groups is 1. The Kier molecular flexibility index (Phi) is 5.82. The zero-order valence-corrected chi connectivity index (χ0v) is 11.8. The molecule has 0 radical (unpaired) electrons. The van der Waals surface area contributed by atoms with Gasteiger partial charge in [-0.3, -0.25) is 0 Å². The van der Waals surface area contributed by atoms with E-state index in [2.05, 4.69) is 56.2 Å². The minimum absolute atomic E-state index is 0.234. The molecule has 2 nitrogen and oxygen atoms in total. The molecular formula is C11H15Br2NO. The van der Waals surface area contributed by atoms with Gasteiger partial charge in [0.05, 0.1) is 0 Å². The molecule has 0 aromatic heterocycles. The quantitative estimate of drug-likeness (QED) is 0.866. The monoisotopic (exact) mass is 335 g/mol. The summed E-state index contributed by atoms with van der Waals surface area (Å²) < 4.78 is 2.13. The standard InChI is InChI=1S/C11H15Br2NO/c1-8(4-5-15)14-7-9-2-3-10(12)11(13)6-9/h2-3,6,8,14-15H,4-5,7H2,1H3/t8-/m1/s1. The Hall–Kier alpha value is 0.1000. The summed E-state index contributed by atoms with van der Waals surface area (Å²) >= 11 is 6.90. The molecule has 0 aliphatic heterocycles. The maximum absolute atomic E-state index is 8.76. The molecule has 2 N–H and O–H groups in total. The average molecular weight is 337 g/mol. The van der Waals surface area contributed by atoms with E-state index in [0.29, 0.717) is 6.04 Å². The molecule has 84 valence electrons. The van der Waals surface area contributed by atoms with Gasteiger partial charge in [0.1, 0.15) is 0 Å². The van der Waals surface area contributed by atoms with Crippen LogP contribution >= 0.6 is 31.9 Å². The first-order valence-corrected chi connectivity index (χ1v) is 6.50. The highest BCUT2D eigenvalue weighted by molar-refractivity contribution is 9.13. The van der Waals surface area contributed by atoms with Crippen LogP contribution in [0.4, 0.5) is 0 Å². The van der Waals surface area contributed by atoms with Crippen LogP contribution in [0.3, 0.4) is 0 Å². The van der Waals surface area contributed by atoms with Gasteiger partial charge in [-0.05, 0) is 62.9 Å². The predicted molar refractivity (Wildman–Crippen MR) is 69.8 cm³/mol. The van der Waals surface area contributed by atoms with Gasteiger partial charge in [0, 0.05) is 28.1 Å². The lowest BCUT2D eigenvalue weighted by Gasteiger charge is -2.12. The van der Waals surface area contributed by atoms with E-state index < -0.39 is 0 Å². The summed E-state index contributed by atoms with van der Waals surface area (Å²) in [6.45, 7) is 3.13. The largest absolute Gasteiger partial charge is 0.396 e. The molecule has 4 heteroatoms.